The van der Waals surface area contributed by atoms with Crippen LogP contribution in [0.5, 0.6) is 5.75 Å². The number of hydrogen-bond donors (Lipinski definition) is 2. The highest BCUT2D eigenvalue weighted by atomic mass is 32.2. The fourth-order valence-corrected chi connectivity index (χ4v) is 3.77. The summed E-state index contributed by atoms with van der Waals surface area (Å²) >= 11 is 0. The highest BCUT2D eigenvalue weighted by Crippen LogP contribution is 2.42. The standard InChI is InChI=1S/C15H19F3N2O4S/c1-24-12-7-6-9(8-13(12)25(19,22)23)20-14(21)10-4-2-3-5-11(10)15(16,17)18/h6-8,10-11H,2-5H2,1H3,(H,20,21)(H2,19,22,23). The summed E-state index contributed by atoms with van der Waals surface area (Å²) in [6.07, 6.45) is -3.45. The van der Waals surface area contributed by atoms with Crippen molar-refractivity contribution in [1.82, 2.24) is 0 Å². The zero-order valence-corrected chi connectivity index (χ0v) is 14.3. The fraction of sp³-hybridized carbons (Fsp3) is 0.533. The third kappa shape index (κ3) is 4.63. The first-order valence-corrected chi connectivity index (χ1v) is 9.17. The summed E-state index contributed by atoms with van der Waals surface area (Å²) in [5.41, 5.74) is 0.0429. The summed E-state index contributed by atoms with van der Waals surface area (Å²) in [5, 5.41) is 7.45. The second-order valence-corrected chi connectivity index (χ2v) is 7.47. The summed E-state index contributed by atoms with van der Waals surface area (Å²) in [7, 11) is -2.87. The number of sulfonamides is 1. The third-order valence-electron chi connectivity index (χ3n) is 4.26. The van der Waals surface area contributed by atoms with Crippen LogP contribution in [0.2, 0.25) is 0 Å². The van der Waals surface area contributed by atoms with E-state index >= 15 is 0 Å². The number of hydrogen-bond acceptors (Lipinski definition) is 4. The molecule has 1 saturated carbocycles. The van der Waals surface area contributed by atoms with Crippen molar-refractivity contribution in [3.63, 3.8) is 0 Å². The Hall–Kier alpha value is -1.81. The molecule has 3 N–H and O–H groups in total. The summed E-state index contributed by atoms with van der Waals surface area (Å²) in [4.78, 5) is 12.0. The fourth-order valence-electron chi connectivity index (χ4n) is 3.05. The molecular formula is C15H19F3N2O4S. The van der Waals surface area contributed by atoms with Crippen LogP contribution < -0.4 is 15.2 Å². The molecule has 1 fully saturated rings. The summed E-state index contributed by atoms with van der Waals surface area (Å²) in [5.74, 6) is -3.70. The Morgan fingerprint density at radius 1 is 1.28 bits per heavy atom. The van der Waals surface area contributed by atoms with Crippen LogP contribution in [0.1, 0.15) is 25.7 Å². The topological polar surface area (TPSA) is 98.5 Å². The second kappa shape index (κ2) is 7.20. The van der Waals surface area contributed by atoms with Gasteiger partial charge >= 0.3 is 6.18 Å². The van der Waals surface area contributed by atoms with Crippen molar-refractivity contribution in [2.24, 2.45) is 17.0 Å². The summed E-state index contributed by atoms with van der Waals surface area (Å²) in [6.45, 7) is 0. The lowest BCUT2D eigenvalue weighted by Gasteiger charge is -2.32. The van der Waals surface area contributed by atoms with Crippen molar-refractivity contribution in [3.8, 4) is 5.75 Å². The van der Waals surface area contributed by atoms with E-state index in [0.717, 1.165) is 6.07 Å². The Morgan fingerprint density at radius 3 is 2.48 bits per heavy atom. The quantitative estimate of drug-likeness (QED) is 0.839. The molecule has 0 bridgehead atoms. The molecule has 0 saturated heterocycles. The maximum atomic E-state index is 13.1. The lowest BCUT2D eigenvalue weighted by Crippen LogP contribution is -2.39. The van der Waals surface area contributed by atoms with Gasteiger partial charge in [-0.25, -0.2) is 13.6 Å². The Bertz CT molecular complexity index is 750. The molecule has 0 spiro atoms. The Labute approximate surface area is 143 Å². The van der Waals surface area contributed by atoms with Crippen LogP contribution in [-0.2, 0) is 14.8 Å². The maximum Gasteiger partial charge on any atom is 0.392 e. The van der Waals surface area contributed by atoms with Gasteiger partial charge in [0.05, 0.1) is 13.0 Å². The van der Waals surface area contributed by atoms with E-state index in [-0.39, 0.29) is 29.2 Å². The molecule has 25 heavy (non-hydrogen) atoms. The van der Waals surface area contributed by atoms with Gasteiger partial charge < -0.3 is 10.1 Å². The van der Waals surface area contributed by atoms with E-state index in [4.69, 9.17) is 9.88 Å². The van der Waals surface area contributed by atoms with Crippen molar-refractivity contribution in [2.45, 2.75) is 36.8 Å². The van der Waals surface area contributed by atoms with Gasteiger partial charge in [0.15, 0.2) is 0 Å². The average molecular weight is 380 g/mol. The predicted molar refractivity (Wildman–Crippen MR) is 84.5 cm³/mol. The van der Waals surface area contributed by atoms with E-state index in [0.29, 0.717) is 12.8 Å². The second-order valence-electron chi connectivity index (χ2n) is 5.94. The maximum absolute atomic E-state index is 13.1. The number of halogens is 3. The van der Waals surface area contributed by atoms with Crippen molar-refractivity contribution in [1.29, 1.82) is 0 Å². The van der Waals surface area contributed by atoms with Gasteiger partial charge in [0, 0.05) is 11.6 Å². The third-order valence-corrected chi connectivity index (χ3v) is 5.19. The minimum atomic E-state index is -4.45. The van der Waals surface area contributed by atoms with Gasteiger partial charge in [0.1, 0.15) is 10.6 Å². The zero-order chi connectivity index (χ0) is 18.8. The first-order chi connectivity index (χ1) is 11.5. The molecule has 0 heterocycles. The van der Waals surface area contributed by atoms with Crippen LogP contribution in [-0.4, -0.2) is 27.6 Å². The van der Waals surface area contributed by atoms with E-state index in [1.165, 1.54) is 19.2 Å². The van der Waals surface area contributed by atoms with Gasteiger partial charge in [-0.15, -0.1) is 0 Å². The molecule has 0 radical (unpaired) electrons. The smallest absolute Gasteiger partial charge is 0.392 e. The number of rotatable bonds is 4. The van der Waals surface area contributed by atoms with Crippen LogP contribution in [0.3, 0.4) is 0 Å². The number of methoxy groups -OCH3 is 1. The number of primary sulfonamides is 1. The van der Waals surface area contributed by atoms with Crippen LogP contribution in [0.25, 0.3) is 0 Å². The van der Waals surface area contributed by atoms with Crippen molar-refractivity contribution >= 4 is 21.6 Å². The van der Waals surface area contributed by atoms with E-state index < -0.39 is 33.9 Å². The molecule has 1 aromatic carbocycles. The van der Waals surface area contributed by atoms with Gasteiger partial charge in [0.2, 0.25) is 15.9 Å². The number of nitrogens with two attached hydrogens (primary N) is 1. The van der Waals surface area contributed by atoms with Crippen molar-refractivity contribution < 1.29 is 31.1 Å². The predicted octanol–water partition coefficient (Wildman–Crippen LogP) is 2.65. The normalized spacial score (nSPS) is 21.6. The van der Waals surface area contributed by atoms with Gasteiger partial charge in [-0.05, 0) is 31.0 Å². The van der Waals surface area contributed by atoms with Crippen molar-refractivity contribution in [3.05, 3.63) is 18.2 Å². The summed E-state index contributed by atoms with van der Waals surface area (Å²) < 4.78 is 67.4. The molecule has 1 aromatic rings. The summed E-state index contributed by atoms with van der Waals surface area (Å²) in [6, 6.07) is 3.69. The molecule has 1 aliphatic carbocycles. The van der Waals surface area contributed by atoms with E-state index in [9.17, 15) is 26.4 Å². The average Bonchev–Trinajstić information content (AvgIpc) is 2.53. The number of ether oxygens (including phenoxy) is 1. The Morgan fingerprint density at radius 2 is 1.92 bits per heavy atom. The van der Waals surface area contributed by atoms with Crippen LogP contribution in [0.15, 0.2) is 23.1 Å². The zero-order valence-electron chi connectivity index (χ0n) is 13.5. The molecular weight excluding hydrogens is 361 g/mol. The minimum Gasteiger partial charge on any atom is -0.495 e. The number of carbonyl (C=O) groups is 1. The van der Waals surface area contributed by atoms with Crippen LogP contribution in [0, 0.1) is 11.8 Å². The minimum absolute atomic E-state index is 0.0219. The van der Waals surface area contributed by atoms with E-state index in [1.807, 2.05) is 0 Å². The highest BCUT2D eigenvalue weighted by Gasteiger charge is 2.48. The number of amides is 1. The van der Waals surface area contributed by atoms with E-state index in [1.54, 1.807) is 0 Å². The van der Waals surface area contributed by atoms with Gasteiger partial charge in [-0.2, -0.15) is 13.2 Å². The van der Waals surface area contributed by atoms with Crippen LogP contribution >= 0.6 is 0 Å². The number of anilines is 1. The molecule has 1 amide bonds. The Balaban J connectivity index is 2.25. The number of carbonyl (C=O) groups excluding carboxylic acids is 1. The largest absolute Gasteiger partial charge is 0.495 e. The lowest BCUT2D eigenvalue weighted by molar-refractivity contribution is -0.197. The van der Waals surface area contributed by atoms with Gasteiger partial charge in [0.25, 0.3) is 0 Å². The van der Waals surface area contributed by atoms with Gasteiger partial charge in [-0.1, -0.05) is 12.8 Å². The monoisotopic (exact) mass is 380 g/mol. The molecule has 10 heteroatoms. The van der Waals surface area contributed by atoms with Gasteiger partial charge in [-0.3, -0.25) is 4.79 Å². The molecule has 0 aromatic heterocycles. The lowest BCUT2D eigenvalue weighted by atomic mass is 9.78. The molecule has 2 atom stereocenters. The number of nitrogens with one attached hydrogen (secondary N) is 1. The first-order valence-electron chi connectivity index (χ1n) is 7.62. The molecule has 2 rings (SSSR count). The molecule has 0 aliphatic heterocycles. The van der Waals surface area contributed by atoms with Crippen LogP contribution in [0.4, 0.5) is 18.9 Å². The molecule has 140 valence electrons. The SMILES string of the molecule is COc1ccc(NC(=O)C2CCCCC2C(F)(F)F)cc1S(N)(=O)=O. The molecule has 1 aliphatic rings. The number of benzene rings is 1. The number of alkyl halides is 3. The molecule has 6 nitrogen and oxygen atoms in total. The Kier molecular flexibility index (Phi) is 5.62. The molecule has 2 unspecified atom stereocenters. The first kappa shape index (κ1) is 19.5. The highest BCUT2D eigenvalue weighted by molar-refractivity contribution is 7.89. The van der Waals surface area contributed by atoms with E-state index in [2.05, 4.69) is 5.32 Å². The van der Waals surface area contributed by atoms with Crippen molar-refractivity contribution in [2.75, 3.05) is 12.4 Å².